The van der Waals surface area contributed by atoms with Gasteiger partial charge in [0.05, 0.1) is 11.6 Å². The van der Waals surface area contributed by atoms with Crippen LogP contribution in [0.1, 0.15) is 64.7 Å². The molecule has 0 fully saturated rings. The molecule has 2 aromatic heterocycles. The van der Waals surface area contributed by atoms with E-state index in [1.165, 1.54) is 42.6 Å². The molecule has 0 saturated heterocycles. The predicted octanol–water partition coefficient (Wildman–Crippen LogP) is 3.73. The summed E-state index contributed by atoms with van der Waals surface area (Å²) in [5, 5.41) is 0. The minimum absolute atomic E-state index is 0.0634. The van der Waals surface area contributed by atoms with Crippen LogP contribution < -0.4 is 0 Å². The lowest BCUT2D eigenvalue weighted by molar-refractivity contribution is 0.0932. The molecule has 124 valence electrons. The molecule has 5 rings (SSSR count). The number of fused-ring (bicyclic) bond motifs is 3. The fourth-order valence-corrected chi connectivity index (χ4v) is 4.99. The van der Waals surface area contributed by atoms with Crippen LogP contribution in [0.5, 0.6) is 0 Å². The Morgan fingerprint density at radius 2 is 2.17 bits per heavy atom. The van der Waals surface area contributed by atoms with E-state index in [1.807, 2.05) is 19.3 Å². The van der Waals surface area contributed by atoms with Gasteiger partial charge in [0, 0.05) is 36.7 Å². The summed E-state index contributed by atoms with van der Waals surface area (Å²) in [6.07, 6.45) is 14.3. The van der Waals surface area contributed by atoms with Gasteiger partial charge in [-0.25, -0.2) is 4.98 Å². The summed E-state index contributed by atoms with van der Waals surface area (Å²) >= 11 is 0. The van der Waals surface area contributed by atoms with E-state index in [-0.39, 0.29) is 5.92 Å². The monoisotopic (exact) mass is 321 g/mol. The van der Waals surface area contributed by atoms with Crippen LogP contribution in [0.4, 0.5) is 0 Å². The second-order valence-electron chi connectivity index (χ2n) is 7.46. The van der Waals surface area contributed by atoms with Gasteiger partial charge in [0.15, 0.2) is 5.78 Å². The summed E-state index contributed by atoms with van der Waals surface area (Å²) in [4.78, 5) is 17.6. The highest BCUT2D eigenvalue weighted by molar-refractivity contribution is 6.06. The van der Waals surface area contributed by atoms with Gasteiger partial charge in [-0.05, 0) is 56.6 Å². The fourth-order valence-electron chi connectivity index (χ4n) is 4.99. The standard InChI is InChI=1S/C20H23N3O/c1-13-21-9-11-22(13)12-15-7-8-17-18(20(15)24)16-6-2-4-14-5-3-10-23(17)19(14)16/h7-9,11,14-15H,2-6,10,12H2,1H3. The van der Waals surface area contributed by atoms with E-state index in [9.17, 15) is 4.79 Å². The van der Waals surface area contributed by atoms with Crippen LogP contribution >= 0.6 is 0 Å². The Morgan fingerprint density at radius 3 is 3.00 bits per heavy atom. The number of hydrogen-bond donors (Lipinski definition) is 0. The van der Waals surface area contributed by atoms with Crippen LogP contribution in [0, 0.1) is 12.8 Å². The Labute approximate surface area is 142 Å². The molecule has 0 spiro atoms. The third-order valence-corrected chi connectivity index (χ3v) is 6.14. The van der Waals surface area contributed by atoms with Gasteiger partial charge in [0.25, 0.3) is 0 Å². The SMILES string of the molecule is Cc1nccn1CC1C=Cc2c(c3c4n2CCCC4CCC3)C1=O. The molecule has 2 unspecified atom stereocenters. The molecule has 2 aliphatic carbocycles. The molecule has 24 heavy (non-hydrogen) atoms. The van der Waals surface area contributed by atoms with E-state index in [1.54, 1.807) is 0 Å². The van der Waals surface area contributed by atoms with Gasteiger partial charge >= 0.3 is 0 Å². The van der Waals surface area contributed by atoms with Crippen molar-refractivity contribution >= 4 is 11.9 Å². The Kier molecular flexibility index (Phi) is 3.09. The van der Waals surface area contributed by atoms with Crippen molar-refractivity contribution in [3.05, 3.63) is 46.8 Å². The average molecular weight is 321 g/mol. The number of ketones is 1. The molecule has 4 nitrogen and oxygen atoms in total. The summed E-state index contributed by atoms with van der Waals surface area (Å²) in [7, 11) is 0. The Bertz CT molecular complexity index is 853. The molecule has 0 amide bonds. The van der Waals surface area contributed by atoms with Gasteiger partial charge < -0.3 is 9.13 Å². The maximum Gasteiger partial charge on any atom is 0.173 e. The van der Waals surface area contributed by atoms with Crippen molar-refractivity contribution in [1.29, 1.82) is 0 Å². The number of Topliss-reactive ketones (excluding diaryl/α,β-unsaturated/α-hetero) is 1. The molecule has 1 aliphatic heterocycles. The number of carbonyl (C=O) groups excluding carboxylic acids is 1. The normalized spacial score (nSPS) is 24.8. The zero-order chi connectivity index (χ0) is 16.3. The summed E-state index contributed by atoms with van der Waals surface area (Å²) in [5.41, 5.74) is 5.11. The fraction of sp³-hybridized carbons (Fsp3) is 0.500. The maximum absolute atomic E-state index is 13.3. The lowest BCUT2D eigenvalue weighted by atomic mass is 9.80. The quantitative estimate of drug-likeness (QED) is 0.845. The summed E-state index contributed by atoms with van der Waals surface area (Å²) in [5.74, 6) is 1.91. The van der Waals surface area contributed by atoms with Gasteiger partial charge in [-0.2, -0.15) is 0 Å². The highest BCUT2D eigenvalue weighted by Crippen LogP contribution is 2.44. The van der Waals surface area contributed by atoms with Crippen LogP contribution in [0.2, 0.25) is 0 Å². The van der Waals surface area contributed by atoms with Gasteiger partial charge in [0.2, 0.25) is 0 Å². The number of carbonyl (C=O) groups is 1. The average Bonchev–Trinajstić information content (AvgIpc) is 3.15. The second kappa shape index (κ2) is 5.20. The van der Waals surface area contributed by atoms with Crippen LogP contribution in [-0.4, -0.2) is 19.9 Å². The van der Waals surface area contributed by atoms with Crippen molar-refractivity contribution in [3.8, 4) is 0 Å². The van der Waals surface area contributed by atoms with E-state index in [0.717, 1.165) is 24.4 Å². The zero-order valence-corrected chi connectivity index (χ0v) is 14.2. The molecule has 4 heteroatoms. The largest absolute Gasteiger partial charge is 0.344 e. The van der Waals surface area contributed by atoms with E-state index in [4.69, 9.17) is 0 Å². The second-order valence-corrected chi connectivity index (χ2v) is 7.46. The zero-order valence-electron chi connectivity index (χ0n) is 14.2. The van der Waals surface area contributed by atoms with Crippen molar-refractivity contribution in [2.24, 2.45) is 5.92 Å². The van der Waals surface area contributed by atoms with Crippen molar-refractivity contribution < 1.29 is 4.79 Å². The van der Waals surface area contributed by atoms with Crippen LogP contribution in [0.3, 0.4) is 0 Å². The van der Waals surface area contributed by atoms with E-state index >= 15 is 0 Å². The first-order chi connectivity index (χ1) is 11.7. The Balaban J connectivity index is 1.57. The molecule has 2 aromatic rings. The molecule has 0 aromatic carbocycles. The minimum Gasteiger partial charge on any atom is -0.344 e. The predicted molar refractivity (Wildman–Crippen MR) is 93.2 cm³/mol. The first kappa shape index (κ1) is 14.3. The molecule has 2 atom stereocenters. The minimum atomic E-state index is -0.0634. The Hall–Kier alpha value is -2.10. The topological polar surface area (TPSA) is 39.8 Å². The number of aromatic nitrogens is 3. The highest BCUT2D eigenvalue weighted by atomic mass is 16.1. The van der Waals surface area contributed by atoms with Gasteiger partial charge in [-0.3, -0.25) is 4.79 Å². The van der Waals surface area contributed by atoms with Crippen LogP contribution in [0.15, 0.2) is 18.5 Å². The molecule has 0 N–H and O–H groups in total. The molecule has 3 heterocycles. The summed E-state index contributed by atoms with van der Waals surface area (Å²) in [6, 6.07) is 0. The first-order valence-corrected chi connectivity index (χ1v) is 9.19. The molecule has 0 radical (unpaired) electrons. The van der Waals surface area contributed by atoms with Crippen molar-refractivity contribution in [1.82, 2.24) is 14.1 Å². The molecule has 0 saturated carbocycles. The number of imidazole rings is 1. The first-order valence-electron chi connectivity index (χ1n) is 9.19. The summed E-state index contributed by atoms with van der Waals surface area (Å²) in [6.45, 7) is 3.77. The van der Waals surface area contributed by atoms with Gasteiger partial charge in [-0.1, -0.05) is 6.08 Å². The van der Waals surface area contributed by atoms with E-state index in [2.05, 4.69) is 26.3 Å². The number of hydrogen-bond acceptors (Lipinski definition) is 2. The molecule has 3 aliphatic rings. The third kappa shape index (κ3) is 1.92. The van der Waals surface area contributed by atoms with Crippen molar-refractivity contribution in [2.45, 2.75) is 58.0 Å². The highest BCUT2D eigenvalue weighted by Gasteiger charge is 2.37. The summed E-state index contributed by atoms with van der Waals surface area (Å²) < 4.78 is 4.55. The maximum atomic E-state index is 13.3. The molecular weight excluding hydrogens is 298 g/mol. The van der Waals surface area contributed by atoms with Crippen LogP contribution in [-0.2, 0) is 19.5 Å². The van der Waals surface area contributed by atoms with Crippen LogP contribution in [0.25, 0.3) is 6.08 Å². The van der Waals surface area contributed by atoms with Gasteiger partial charge in [0.1, 0.15) is 5.82 Å². The van der Waals surface area contributed by atoms with E-state index in [0.29, 0.717) is 18.2 Å². The molecular formula is C20H23N3O. The number of rotatable bonds is 2. The smallest absolute Gasteiger partial charge is 0.173 e. The lowest BCUT2D eigenvalue weighted by Gasteiger charge is -2.30. The third-order valence-electron chi connectivity index (χ3n) is 6.14. The van der Waals surface area contributed by atoms with Gasteiger partial charge in [-0.15, -0.1) is 0 Å². The Morgan fingerprint density at radius 1 is 1.29 bits per heavy atom. The number of nitrogens with zero attached hydrogens (tertiary/aromatic N) is 3. The van der Waals surface area contributed by atoms with E-state index < -0.39 is 0 Å². The number of allylic oxidation sites excluding steroid dienone is 1. The number of aryl methyl sites for hydroxylation is 1. The lowest BCUT2D eigenvalue weighted by Crippen LogP contribution is -2.23. The van der Waals surface area contributed by atoms with Crippen molar-refractivity contribution in [3.63, 3.8) is 0 Å². The molecule has 0 bridgehead atoms. The van der Waals surface area contributed by atoms with Crippen molar-refractivity contribution in [2.75, 3.05) is 0 Å².